The maximum atomic E-state index is 6.44. The number of amidine groups is 2. The molecule has 1 unspecified atom stereocenters. The molecule has 10 rings (SSSR count). The van der Waals surface area contributed by atoms with Crippen molar-refractivity contribution in [1.29, 1.82) is 0 Å². The lowest BCUT2D eigenvalue weighted by atomic mass is 9.97. The number of aliphatic imine (C=N–C) groups is 2. The molecule has 0 spiro atoms. The standard InChI is InChI=1S/C51H35N3O/c1-4-10-34(11-5-1)36-16-18-38(19-17-36)39-20-22-40(23-21-39)43-28-30-45-46-32-44(29-31-47(46)55-48(45)33-43)51-53-49(41-14-8-3-9-15-41)52-50(54-51)42-26-24-37(25-27-42)35-12-6-2-7-13-35/h1-33,50H,(H,52,53,54). The molecule has 2 heterocycles. The maximum Gasteiger partial charge on any atom is 0.159 e. The molecule has 0 saturated carbocycles. The zero-order valence-electron chi connectivity index (χ0n) is 29.9. The number of hydrogen-bond donors (Lipinski definition) is 1. The summed E-state index contributed by atoms with van der Waals surface area (Å²) in [6.45, 7) is 0. The monoisotopic (exact) mass is 705 g/mol. The van der Waals surface area contributed by atoms with Gasteiger partial charge in [0.2, 0.25) is 0 Å². The fraction of sp³-hybridized carbons (Fsp3) is 0.0196. The molecule has 0 saturated heterocycles. The average molecular weight is 706 g/mol. The highest BCUT2D eigenvalue weighted by Gasteiger charge is 2.22. The fourth-order valence-electron chi connectivity index (χ4n) is 7.42. The van der Waals surface area contributed by atoms with E-state index in [9.17, 15) is 0 Å². The van der Waals surface area contributed by atoms with Gasteiger partial charge in [-0.15, -0.1) is 0 Å². The molecule has 0 radical (unpaired) electrons. The zero-order chi connectivity index (χ0) is 36.6. The Hall–Kier alpha value is -7.30. The lowest BCUT2D eigenvalue weighted by molar-refractivity contribution is 0.669. The Balaban J connectivity index is 0.949. The third-order valence-corrected chi connectivity index (χ3v) is 10.4. The molecule has 0 aliphatic carbocycles. The summed E-state index contributed by atoms with van der Waals surface area (Å²) >= 11 is 0. The highest BCUT2D eigenvalue weighted by molar-refractivity contribution is 6.15. The second kappa shape index (κ2) is 13.9. The van der Waals surface area contributed by atoms with E-state index in [1.165, 1.54) is 33.4 Å². The lowest BCUT2D eigenvalue weighted by Gasteiger charge is -2.24. The Morgan fingerprint density at radius 1 is 0.364 bits per heavy atom. The van der Waals surface area contributed by atoms with E-state index < -0.39 is 0 Å². The molecular formula is C51H35N3O. The van der Waals surface area contributed by atoms with Crippen molar-refractivity contribution in [2.24, 2.45) is 9.98 Å². The van der Waals surface area contributed by atoms with E-state index in [0.29, 0.717) is 5.84 Å². The van der Waals surface area contributed by atoms with Crippen molar-refractivity contribution in [1.82, 2.24) is 5.32 Å². The van der Waals surface area contributed by atoms with E-state index in [0.717, 1.165) is 55.6 Å². The van der Waals surface area contributed by atoms with Crippen LogP contribution < -0.4 is 5.32 Å². The predicted molar refractivity (Wildman–Crippen MR) is 227 cm³/mol. The fourth-order valence-corrected chi connectivity index (χ4v) is 7.42. The van der Waals surface area contributed by atoms with Crippen LogP contribution in [0.15, 0.2) is 215 Å². The van der Waals surface area contributed by atoms with Crippen LogP contribution in [0.4, 0.5) is 0 Å². The van der Waals surface area contributed by atoms with Crippen LogP contribution in [-0.2, 0) is 0 Å². The molecule has 4 heteroatoms. The Kier molecular flexibility index (Phi) is 8.19. The van der Waals surface area contributed by atoms with Crippen LogP contribution in [-0.4, -0.2) is 11.7 Å². The van der Waals surface area contributed by atoms with Crippen LogP contribution in [0.5, 0.6) is 0 Å². The van der Waals surface area contributed by atoms with Gasteiger partial charge in [-0.2, -0.15) is 0 Å². The van der Waals surface area contributed by atoms with E-state index in [4.69, 9.17) is 14.4 Å². The molecule has 1 N–H and O–H groups in total. The second-order valence-corrected chi connectivity index (χ2v) is 13.9. The van der Waals surface area contributed by atoms with Crippen molar-refractivity contribution in [3.63, 3.8) is 0 Å². The van der Waals surface area contributed by atoms with E-state index in [2.05, 4.69) is 169 Å². The Morgan fingerprint density at radius 2 is 0.818 bits per heavy atom. The van der Waals surface area contributed by atoms with Gasteiger partial charge in [-0.1, -0.05) is 170 Å². The Labute approximate surface area is 319 Å². The van der Waals surface area contributed by atoms with E-state index in [-0.39, 0.29) is 6.17 Å². The van der Waals surface area contributed by atoms with Crippen LogP contribution in [0.25, 0.3) is 66.4 Å². The molecule has 260 valence electrons. The van der Waals surface area contributed by atoms with Gasteiger partial charge in [0.1, 0.15) is 23.2 Å². The largest absolute Gasteiger partial charge is 0.456 e. The predicted octanol–water partition coefficient (Wildman–Crippen LogP) is 12.7. The molecule has 1 aromatic heterocycles. The van der Waals surface area contributed by atoms with Crippen molar-refractivity contribution in [2.45, 2.75) is 6.17 Å². The minimum atomic E-state index is -0.299. The SMILES string of the molecule is c1ccc(C2=NC(c3ccc4oc5cc(-c6ccc(-c7ccc(-c8ccccc8)cc7)cc6)ccc5c4c3)=NC(c3ccc(-c4ccccc4)cc3)N2)cc1. The molecule has 8 aromatic carbocycles. The first kappa shape index (κ1) is 32.4. The molecule has 1 atom stereocenters. The summed E-state index contributed by atoms with van der Waals surface area (Å²) in [5.41, 5.74) is 14.1. The van der Waals surface area contributed by atoms with Gasteiger partial charge in [0.25, 0.3) is 0 Å². The van der Waals surface area contributed by atoms with Gasteiger partial charge >= 0.3 is 0 Å². The number of rotatable bonds is 7. The molecule has 55 heavy (non-hydrogen) atoms. The first-order chi connectivity index (χ1) is 27.2. The van der Waals surface area contributed by atoms with E-state index in [1.54, 1.807) is 0 Å². The number of nitrogens with one attached hydrogen (secondary N) is 1. The average Bonchev–Trinajstić information content (AvgIpc) is 3.65. The molecule has 9 aromatic rings. The zero-order valence-corrected chi connectivity index (χ0v) is 29.9. The lowest BCUT2D eigenvalue weighted by Crippen LogP contribution is -2.33. The minimum absolute atomic E-state index is 0.299. The number of hydrogen-bond acceptors (Lipinski definition) is 4. The van der Waals surface area contributed by atoms with Crippen molar-refractivity contribution in [3.05, 3.63) is 217 Å². The maximum absolute atomic E-state index is 6.44. The highest BCUT2D eigenvalue weighted by Crippen LogP contribution is 2.35. The van der Waals surface area contributed by atoms with Gasteiger partial charge in [-0.05, 0) is 80.4 Å². The van der Waals surface area contributed by atoms with Crippen LogP contribution >= 0.6 is 0 Å². The quantitative estimate of drug-likeness (QED) is 0.179. The topological polar surface area (TPSA) is 49.9 Å². The number of fused-ring (bicyclic) bond motifs is 3. The van der Waals surface area contributed by atoms with Crippen LogP contribution in [0, 0.1) is 0 Å². The summed E-state index contributed by atoms with van der Waals surface area (Å²) in [6, 6.07) is 70.0. The van der Waals surface area contributed by atoms with Crippen LogP contribution in [0.2, 0.25) is 0 Å². The summed E-state index contributed by atoms with van der Waals surface area (Å²) in [5, 5.41) is 5.69. The molecule has 1 aliphatic rings. The van der Waals surface area contributed by atoms with Gasteiger partial charge in [-0.3, -0.25) is 0 Å². The summed E-state index contributed by atoms with van der Waals surface area (Å²) in [5.74, 6) is 1.47. The van der Waals surface area contributed by atoms with Crippen LogP contribution in [0.3, 0.4) is 0 Å². The van der Waals surface area contributed by atoms with Gasteiger partial charge < -0.3 is 9.73 Å². The minimum Gasteiger partial charge on any atom is -0.456 e. The smallest absolute Gasteiger partial charge is 0.159 e. The van der Waals surface area contributed by atoms with Crippen molar-refractivity contribution in [2.75, 3.05) is 0 Å². The van der Waals surface area contributed by atoms with Crippen molar-refractivity contribution >= 4 is 33.6 Å². The van der Waals surface area contributed by atoms with Gasteiger partial charge in [0, 0.05) is 21.9 Å². The first-order valence-corrected chi connectivity index (χ1v) is 18.6. The molecule has 0 bridgehead atoms. The highest BCUT2D eigenvalue weighted by atomic mass is 16.3. The third kappa shape index (κ3) is 6.40. The van der Waals surface area contributed by atoms with Crippen LogP contribution in [0.1, 0.15) is 22.9 Å². The third-order valence-electron chi connectivity index (χ3n) is 10.4. The summed E-state index contributed by atoms with van der Waals surface area (Å²) in [4.78, 5) is 10.2. The molecule has 0 fully saturated rings. The number of nitrogens with zero attached hydrogens (tertiary/aromatic N) is 2. The second-order valence-electron chi connectivity index (χ2n) is 13.9. The Bertz CT molecular complexity index is 2840. The Morgan fingerprint density at radius 3 is 1.38 bits per heavy atom. The van der Waals surface area contributed by atoms with Gasteiger partial charge in [-0.25, -0.2) is 9.98 Å². The van der Waals surface area contributed by atoms with Gasteiger partial charge in [0.05, 0.1) is 0 Å². The molecule has 0 amide bonds. The molecule has 4 nitrogen and oxygen atoms in total. The normalized spacial score (nSPS) is 14.0. The van der Waals surface area contributed by atoms with Gasteiger partial charge in [0.15, 0.2) is 5.84 Å². The molecule has 1 aliphatic heterocycles. The first-order valence-electron chi connectivity index (χ1n) is 18.6. The number of benzene rings is 8. The van der Waals surface area contributed by atoms with E-state index >= 15 is 0 Å². The summed E-state index contributed by atoms with van der Waals surface area (Å²) in [6.07, 6.45) is -0.299. The molecular weight excluding hydrogens is 671 g/mol. The van der Waals surface area contributed by atoms with Crippen molar-refractivity contribution in [3.8, 4) is 44.5 Å². The summed E-state index contributed by atoms with van der Waals surface area (Å²) in [7, 11) is 0. The van der Waals surface area contributed by atoms with E-state index in [1.807, 2.05) is 36.4 Å². The summed E-state index contributed by atoms with van der Waals surface area (Å²) < 4.78 is 6.44. The number of furan rings is 1. The van der Waals surface area contributed by atoms with Crippen molar-refractivity contribution < 1.29 is 4.42 Å².